The lowest BCUT2D eigenvalue weighted by atomic mass is 10.1. The van der Waals surface area contributed by atoms with Crippen molar-refractivity contribution in [2.45, 2.75) is 45.3 Å². The highest BCUT2D eigenvalue weighted by atomic mass is 16.2. The van der Waals surface area contributed by atoms with Gasteiger partial charge in [-0.05, 0) is 50.0 Å². The Bertz CT molecular complexity index is 782. The summed E-state index contributed by atoms with van der Waals surface area (Å²) in [5.74, 6) is -0.322. The number of benzene rings is 1. The van der Waals surface area contributed by atoms with E-state index in [0.717, 1.165) is 12.1 Å². The third kappa shape index (κ3) is 6.15. The van der Waals surface area contributed by atoms with Crippen molar-refractivity contribution >= 4 is 11.8 Å². The molecule has 3 rings (SSSR count). The summed E-state index contributed by atoms with van der Waals surface area (Å²) in [4.78, 5) is 28.6. The average molecular weight is 398 g/mol. The SMILES string of the molecule is CC(C(=O)N(C)CC(=O)NCc1ccc(CN2CCCCC2)cc1)n1cccn1. The molecule has 0 radical (unpaired) electrons. The Morgan fingerprint density at radius 1 is 1.14 bits per heavy atom. The van der Waals surface area contributed by atoms with Crippen molar-refractivity contribution < 1.29 is 9.59 Å². The molecular formula is C22H31N5O2. The van der Waals surface area contributed by atoms with Crippen molar-refractivity contribution in [1.82, 2.24) is 24.9 Å². The first-order chi connectivity index (χ1) is 14.0. The molecule has 1 aromatic heterocycles. The molecule has 0 spiro atoms. The van der Waals surface area contributed by atoms with Crippen molar-refractivity contribution in [2.24, 2.45) is 0 Å². The molecule has 2 amide bonds. The molecule has 1 aromatic carbocycles. The van der Waals surface area contributed by atoms with Crippen molar-refractivity contribution in [3.05, 3.63) is 53.9 Å². The van der Waals surface area contributed by atoms with E-state index in [0.29, 0.717) is 6.54 Å². The van der Waals surface area contributed by atoms with Gasteiger partial charge in [0.15, 0.2) is 0 Å². The Balaban J connectivity index is 1.42. The predicted molar refractivity (Wildman–Crippen MR) is 112 cm³/mol. The summed E-state index contributed by atoms with van der Waals surface area (Å²) in [5, 5.41) is 6.98. The minimum Gasteiger partial charge on any atom is -0.350 e. The first-order valence-electron chi connectivity index (χ1n) is 10.3. The van der Waals surface area contributed by atoms with Gasteiger partial charge in [0, 0.05) is 32.5 Å². The first-order valence-corrected chi connectivity index (χ1v) is 10.3. The van der Waals surface area contributed by atoms with Gasteiger partial charge in [0.1, 0.15) is 6.04 Å². The van der Waals surface area contributed by atoms with E-state index in [4.69, 9.17) is 0 Å². The second-order valence-electron chi connectivity index (χ2n) is 7.79. The highest BCUT2D eigenvalue weighted by Crippen LogP contribution is 2.13. The van der Waals surface area contributed by atoms with Crippen molar-refractivity contribution in [3.8, 4) is 0 Å². The number of aromatic nitrogens is 2. The van der Waals surface area contributed by atoms with Gasteiger partial charge in [0.25, 0.3) is 0 Å². The molecule has 1 N–H and O–H groups in total. The lowest BCUT2D eigenvalue weighted by molar-refractivity contribution is -0.137. The fourth-order valence-electron chi connectivity index (χ4n) is 3.63. The number of hydrogen-bond acceptors (Lipinski definition) is 4. The minimum absolute atomic E-state index is 0.0253. The second-order valence-corrected chi connectivity index (χ2v) is 7.79. The molecule has 2 heterocycles. The van der Waals surface area contributed by atoms with Crippen molar-refractivity contribution in [1.29, 1.82) is 0 Å². The molecule has 0 bridgehead atoms. The number of likely N-dealkylation sites (tertiary alicyclic amines) is 1. The summed E-state index contributed by atoms with van der Waals surface area (Å²) in [6.45, 7) is 5.62. The molecule has 1 fully saturated rings. The van der Waals surface area contributed by atoms with E-state index in [9.17, 15) is 9.59 Å². The van der Waals surface area contributed by atoms with E-state index in [1.807, 2.05) is 0 Å². The van der Waals surface area contributed by atoms with Crippen LogP contribution < -0.4 is 5.32 Å². The number of nitrogens with one attached hydrogen (secondary N) is 1. The second kappa shape index (κ2) is 10.2. The average Bonchev–Trinajstić information content (AvgIpc) is 3.28. The third-order valence-electron chi connectivity index (χ3n) is 5.40. The Kier molecular flexibility index (Phi) is 7.41. The minimum atomic E-state index is -0.435. The number of rotatable bonds is 8. The van der Waals surface area contributed by atoms with E-state index < -0.39 is 6.04 Å². The van der Waals surface area contributed by atoms with Crippen LogP contribution in [-0.2, 0) is 22.7 Å². The monoisotopic (exact) mass is 397 g/mol. The molecule has 0 aliphatic carbocycles. The highest BCUT2D eigenvalue weighted by Gasteiger charge is 2.21. The number of piperidine rings is 1. The smallest absolute Gasteiger partial charge is 0.247 e. The molecule has 1 atom stereocenters. The summed E-state index contributed by atoms with van der Waals surface area (Å²) < 4.78 is 1.59. The van der Waals surface area contributed by atoms with Crippen LogP contribution in [0.15, 0.2) is 42.7 Å². The summed E-state index contributed by atoms with van der Waals surface area (Å²) in [5.41, 5.74) is 2.36. The zero-order valence-corrected chi connectivity index (χ0v) is 17.4. The van der Waals surface area contributed by atoms with Crippen LogP contribution >= 0.6 is 0 Å². The van der Waals surface area contributed by atoms with E-state index in [2.05, 4.69) is 39.6 Å². The van der Waals surface area contributed by atoms with Crippen LogP contribution in [0.25, 0.3) is 0 Å². The van der Waals surface area contributed by atoms with E-state index in [1.54, 1.807) is 37.1 Å². The number of hydrogen-bond donors (Lipinski definition) is 1. The lowest BCUT2D eigenvalue weighted by Crippen LogP contribution is -2.40. The maximum Gasteiger partial charge on any atom is 0.247 e. The zero-order valence-electron chi connectivity index (χ0n) is 17.4. The standard InChI is InChI=1S/C22H31N5O2/c1-18(27-14-6-11-24-27)22(29)25(2)17-21(28)23-15-19-7-9-20(10-8-19)16-26-12-4-3-5-13-26/h6-11,14,18H,3-5,12-13,15-17H2,1-2H3,(H,23,28). The molecule has 1 aliphatic rings. The van der Waals surface area contributed by atoms with E-state index >= 15 is 0 Å². The van der Waals surface area contributed by atoms with Crippen LogP contribution in [0, 0.1) is 0 Å². The Morgan fingerprint density at radius 3 is 2.48 bits per heavy atom. The Morgan fingerprint density at radius 2 is 1.83 bits per heavy atom. The van der Waals surface area contributed by atoms with Crippen LogP contribution in [0.5, 0.6) is 0 Å². The quantitative estimate of drug-likeness (QED) is 0.741. The largest absolute Gasteiger partial charge is 0.350 e. The molecule has 156 valence electrons. The van der Waals surface area contributed by atoms with Gasteiger partial charge in [-0.3, -0.25) is 19.2 Å². The topological polar surface area (TPSA) is 70.5 Å². The first kappa shape index (κ1) is 21.0. The number of carbonyl (C=O) groups is 2. The number of amides is 2. The number of nitrogens with zero attached hydrogens (tertiary/aromatic N) is 4. The molecule has 2 aromatic rings. The van der Waals surface area contributed by atoms with Crippen molar-refractivity contribution in [3.63, 3.8) is 0 Å². The van der Waals surface area contributed by atoms with Gasteiger partial charge < -0.3 is 10.2 Å². The molecule has 1 aliphatic heterocycles. The summed E-state index contributed by atoms with van der Waals surface area (Å²) in [6.07, 6.45) is 7.31. The molecule has 7 heteroatoms. The summed E-state index contributed by atoms with van der Waals surface area (Å²) in [7, 11) is 1.64. The normalized spacial score (nSPS) is 15.7. The maximum atomic E-state index is 12.4. The van der Waals surface area contributed by atoms with Gasteiger partial charge in [-0.15, -0.1) is 0 Å². The van der Waals surface area contributed by atoms with Crippen LogP contribution in [0.1, 0.15) is 43.4 Å². The fraction of sp³-hybridized carbons (Fsp3) is 0.500. The zero-order chi connectivity index (χ0) is 20.6. The summed E-state index contributed by atoms with van der Waals surface area (Å²) in [6, 6.07) is 9.74. The molecule has 7 nitrogen and oxygen atoms in total. The van der Waals surface area contributed by atoms with Gasteiger partial charge in [-0.2, -0.15) is 5.10 Å². The van der Waals surface area contributed by atoms with Crippen LogP contribution in [0.3, 0.4) is 0 Å². The Labute approximate surface area is 172 Å². The number of carbonyl (C=O) groups excluding carboxylic acids is 2. The van der Waals surface area contributed by atoms with Crippen LogP contribution in [0.2, 0.25) is 0 Å². The van der Waals surface area contributed by atoms with Gasteiger partial charge in [-0.25, -0.2) is 0 Å². The van der Waals surface area contributed by atoms with Gasteiger partial charge in [0.2, 0.25) is 11.8 Å². The van der Waals surface area contributed by atoms with Gasteiger partial charge >= 0.3 is 0 Å². The molecule has 1 saturated heterocycles. The van der Waals surface area contributed by atoms with Crippen LogP contribution in [-0.4, -0.2) is 58.1 Å². The van der Waals surface area contributed by atoms with Gasteiger partial charge in [-0.1, -0.05) is 30.7 Å². The number of likely N-dealkylation sites (N-methyl/N-ethyl adjacent to an activating group) is 1. The maximum absolute atomic E-state index is 12.4. The van der Waals surface area contributed by atoms with Crippen molar-refractivity contribution in [2.75, 3.05) is 26.7 Å². The molecular weight excluding hydrogens is 366 g/mol. The fourth-order valence-corrected chi connectivity index (χ4v) is 3.63. The van der Waals surface area contributed by atoms with Crippen LogP contribution in [0.4, 0.5) is 0 Å². The lowest BCUT2D eigenvalue weighted by Gasteiger charge is -2.26. The predicted octanol–water partition coefficient (Wildman–Crippen LogP) is 2.20. The molecule has 29 heavy (non-hydrogen) atoms. The highest BCUT2D eigenvalue weighted by molar-refractivity contribution is 5.86. The van der Waals surface area contributed by atoms with Gasteiger partial charge in [0.05, 0.1) is 6.54 Å². The molecule has 0 saturated carbocycles. The third-order valence-corrected chi connectivity index (χ3v) is 5.40. The molecule has 1 unspecified atom stereocenters. The van der Waals surface area contributed by atoms with E-state index in [1.165, 1.54) is 42.8 Å². The van der Waals surface area contributed by atoms with E-state index in [-0.39, 0.29) is 18.4 Å². The summed E-state index contributed by atoms with van der Waals surface area (Å²) >= 11 is 0. The Hall–Kier alpha value is -2.67.